The molecule has 1 heterocycles. The Morgan fingerprint density at radius 1 is 1.42 bits per heavy atom. The van der Waals surface area contributed by atoms with Crippen molar-refractivity contribution in [2.45, 2.75) is 25.8 Å². The van der Waals surface area contributed by atoms with Crippen molar-refractivity contribution in [2.75, 3.05) is 31.1 Å². The fourth-order valence-electron chi connectivity index (χ4n) is 1.78. The van der Waals surface area contributed by atoms with Crippen LogP contribution in [0.2, 0.25) is 0 Å². The molecule has 0 saturated carbocycles. The van der Waals surface area contributed by atoms with Gasteiger partial charge in [0.15, 0.2) is 0 Å². The molecule has 1 fully saturated rings. The van der Waals surface area contributed by atoms with Crippen molar-refractivity contribution >= 4 is 11.8 Å². The Morgan fingerprint density at radius 3 is 2.58 bits per heavy atom. The Hall–Kier alpha value is 0.270. The summed E-state index contributed by atoms with van der Waals surface area (Å²) in [6.45, 7) is 5.64. The first-order chi connectivity index (χ1) is 5.88. The summed E-state index contributed by atoms with van der Waals surface area (Å²) in [6.07, 6.45) is 2.42. The minimum atomic E-state index is 0.746. The number of hydrogen-bond acceptors (Lipinski definition) is 3. The van der Waals surface area contributed by atoms with Crippen LogP contribution >= 0.6 is 11.8 Å². The second kappa shape index (κ2) is 5.84. The van der Waals surface area contributed by atoms with Gasteiger partial charge in [0.2, 0.25) is 0 Å². The van der Waals surface area contributed by atoms with Gasteiger partial charge in [0.1, 0.15) is 0 Å². The molecule has 12 heavy (non-hydrogen) atoms. The third kappa shape index (κ3) is 2.96. The van der Waals surface area contributed by atoms with Crippen LogP contribution < -0.4 is 5.73 Å². The summed E-state index contributed by atoms with van der Waals surface area (Å²) in [5.74, 6) is 2.61. The van der Waals surface area contributed by atoms with E-state index in [1.54, 1.807) is 0 Å². The highest BCUT2D eigenvalue weighted by molar-refractivity contribution is 7.99. The highest BCUT2D eigenvalue weighted by atomic mass is 32.2. The molecule has 1 rings (SSSR count). The lowest BCUT2D eigenvalue weighted by molar-refractivity contribution is 0.202. The van der Waals surface area contributed by atoms with E-state index in [2.05, 4.69) is 23.6 Å². The van der Waals surface area contributed by atoms with E-state index in [4.69, 9.17) is 5.73 Å². The molecule has 0 aromatic heterocycles. The Bertz CT molecular complexity index is 110. The fourth-order valence-corrected chi connectivity index (χ4v) is 2.71. The van der Waals surface area contributed by atoms with Gasteiger partial charge in [-0.1, -0.05) is 6.92 Å². The number of thioether (sulfide) groups is 1. The first-order valence-corrected chi connectivity index (χ1v) is 6.05. The van der Waals surface area contributed by atoms with Gasteiger partial charge < -0.3 is 5.73 Å². The Labute approximate surface area is 79.9 Å². The van der Waals surface area contributed by atoms with Crippen molar-refractivity contribution in [3.8, 4) is 0 Å². The Balaban J connectivity index is 2.29. The van der Waals surface area contributed by atoms with Gasteiger partial charge >= 0.3 is 0 Å². The van der Waals surface area contributed by atoms with Gasteiger partial charge in [-0.25, -0.2) is 0 Å². The van der Waals surface area contributed by atoms with Gasteiger partial charge in [0, 0.05) is 30.6 Å². The van der Waals surface area contributed by atoms with E-state index in [0.29, 0.717) is 0 Å². The van der Waals surface area contributed by atoms with E-state index in [0.717, 1.165) is 12.6 Å². The molecular formula is C9H20N2S. The average Bonchev–Trinajstić information content (AvgIpc) is 2.15. The SMILES string of the molecule is CCC(CCN)N1CCSCC1. The van der Waals surface area contributed by atoms with Gasteiger partial charge in [0.05, 0.1) is 0 Å². The van der Waals surface area contributed by atoms with Crippen LogP contribution in [0.25, 0.3) is 0 Å². The fraction of sp³-hybridized carbons (Fsp3) is 1.00. The summed E-state index contributed by atoms with van der Waals surface area (Å²) in [5.41, 5.74) is 5.58. The molecular weight excluding hydrogens is 168 g/mol. The van der Waals surface area contributed by atoms with Crippen LogP contribution in [0.15, 0.2) is 0 Å². The van der Waals surface area contributed by atoms with Crippen molar-refractivity contribution < 1.29 is 0 Å². The van der Waals surface area contributed by atoms with E-state index in [-0.39, 0.29) is 0 Å². The van der Waals surface area contributed by atoms with Crippen LogP contribution in [-0.2, 0) is 0 Å². The zero-order valence-corrected chi connectivity index (χ0v) is 8.78. The number of rotatable bonds is 4. The molecule has 0 bridgehead atoms. The lowest BCUT2D eigenvalue weighted by atomic mass is 10.1. The second-order valence-corrected chi connectivity index (χ2v) is 4.51. The Morgan fingerprint density at radius 2 is 2.08 bits per heavy atom. The molecule has 2 nitrogen and oxygen atoms in total. The maximum atomic E-state index is 5.58. The molecule has 2 N–H and O–H groups in total. The van der Waals surface area contributed by atoms with E-state index in [9.17, 15) is 0 Å². The third-order valence-corrected chi connectivity index (χ3v) is 3.48. The van der Waals surface area contributed by atoms with Gasteiger partial charge in [-0.15, -0.1) is 0 Å². The molecule has 1 aliphatic rings. The van der Waals surface area contributed by atoms with Crippen molar-refractivity contribution in [1.29, 1.82) is 0 Å². The summed E-state index contributed by atoms with van der Waals surface area (Å²) in [5, 5.41) is 0. The molecule has 1 aliphatic heterocycles. The highest BCUT2D eigenvalue weighted by Crippen LogP contribution is 2.15. The maximum Gasteiger partial charge on any atom is 0.0105 e. The van der Waals surface area contributed by atoms with Crippen molar-refractivity contribution in [3.05, 3.63) is 0 Å². The molecule has 1 atom stereocenters. The summed E-state index contributed by atoms with van der Waals surface area (Å²) < 4.78 is 0. The quantitative estimate of drug-likeness (QED) is 0.718. The molecule has 0 amide bonds. The number of nitrogens with two attached hydrogens (primary N) is 1. The van der Waals surface area contributed by atoms with E-state index >= 15 is 0 Å². The van der Waals surface area contributed by atoms with Gasteiger partial charge in [0.25, 0.3) is 0 Å². The summed E-state index contributed by atoms with van der Waals surface area (Å²) in [7, 11) is 0. The lowest BCUT2D eigenvalue weighted by Crippen LogP contribution is -2.41. The first-order valence-electron chi connectivity index (χ1n) is 4.90. The van der Waals surface area contributed by atoms with E-state index in [1.807, 2.05) is 0 Å². The zero-order chi connectivity index (χ0) is 8.81. The van der Waals surface area contributed by atoms with Gasteiger partial charge in [-0.3, -0.25) is 4.90 Å². The standard InChI is InChI=1S/C9H20N2S/c1-2-9(3-4-10)11-5-7-12-8-6-11/h9H,2-8,10H2,1H3. The molecule has 0 radical (unpaired) electrons. The zero-order valence-electron chi connectivity index (χ0n) is 7.96. The van der Waals surface area contributed by atoms with Crippen LogP contribution in [0.3, 0.4) is 0 Å². The minimum Gasteiger partial charge on any atom is -0.330 e. The smallest absolute Gasteiger partial charge is 0.0105 e. The van der Waals surface area contributed by atoms with Crippen molar-refractivity contribution in [2.24, 2.45) is 5.73 Å². The predicted octanol–water partition coefficient (Wildman–Crippen LogP) is 1.16. The topological polar surface area (TPSA) is 29.3 Å². The first kappa shape index (κ1) is 10.4. The lowest BCUT2D eigenvalue weighted by Gasteiger charge is -2.33. The summed E-state index contributed by atoms with van der Waals surface area (Å²) >= 11 is 2.07. The van der Waals surface area contributed by atoms with Crippen LogP contribution in [0.1, 0.15) is 19.8 Å². The number of nitrogens with zero attached hydrogens (tertiary/aromatic N) is 1. The molecule has 72 valence electrons. The molecule has 0 aliphatic carbocycles. The molecule has 0 aromatic carbocycles. The minimum absolute atomic E-state index is 0.746. The normalized spacial score (nSPS) is 22.5. The van der Waals surface area contributed by atoms with Crippen LogP contribution in [0, 0.1) is 0 Å². The van der Waals surface area contributed by atoms with E-state index < -0.39 is 0 Å². The van der Waals surface area contributed by atoms with Crippen LogP contribution in [0.5, 0.6) is 0 Å². The number of hydrogen-bond donors (Lipinski definition) is 1. The Kier molecular flexibility index (Phi) is 5.04. The molecule has 0 aromatic rings. The molecule has 0 spiro atoms. The second-order valence-electron chi connectivity index (χ2n) is 3.29. The predicted molar refractivity (Wildman–Crippen MR) is 56.6 cm³/mol. The maximum absolute atomic E-state index is 5.58. The average molecular weight is 188 g/mol. The summed E-state index contributed by atoms with van der Waals surface area (Å²) in [4.78, 5) is 2.60. The largest absolute Gasteiger partial charge is 0.330 e. The van der Waals surface area contributed by atoms with Crippen molar-refractivity contribution in [1.82, 2.24) is 4.90 Å². The highest BCUT2D eigenvalue weighted by Gasteiger charge is 2.17. The molecule has 3 heteroatoms. The monoisotopic (exact) mass is 188 g/mol. The van der Waals surface area contributed by atoms with E-state index in [1.165, 1.54) is 37.4 Å². The molecule has 1 saturated heterocycles. The van der Waals surface area contributed by atoms with Crippen molar-refractivity contribution in [3.63, 3.8) is 0 Å². The summed E-state index contributed by atoms with van der Waals surface area (Å²) in [6, 6.07) is 0.746. The van der Waals surface area contributed by atoms with Gasteiger partial charge in [-0.2, -0.15) is 11.8 Å². The van der Waals surface area contributed by atoms with Crippen LogP contribution in [-0.4, -0.2) is 42.1 Å². The van der Waals surface area contributed by atoms with Gasteiger partial charge in [-0.05, 0) is 19.4 Å². The van der Waals surface area contributed by atoms with Crippen LogP contribution in [0.4, 0.5) is 0 Å². The molecule has 1 unspecified atom stereocenters. The third-order valence-electron chi connectivity index (χ3n) is 2.53.